The molecule has 0 radical (unpaired) electrons. The van der Waals surface area contributed by atoms with Gasteiger partial charge in [0.05, 0.1) is 0 Å². The zero-order valence-corrected chi connectivity index (χ0v) is 17.8. The van der Waals surface area contributed by atoms with Crippen molar-refractivity contribution in [3.63, 3.8) is 0 Å². The second-order valence-corrected chi connectivity index (χ2v) is 8.16. The highest BCUT2D eigenvalue weighted by molar-refractivity contribution is 6.09. The molecule has 30 heavy (non-hydrogen) atoms. The molecule has 0 bridgehead atoms. The Morgan fingerprint density at radius 1 is 1.07 bits per heavy atom. The molecule has 2 aromatic rings. The number of urea groups is 1. The second-order valence-electron chi connectivity index (χ2n) is 8.16. The molecule has 0 aliphatic carbocycles. The molecule has 0 saturated carbocycles. The molecule has 1 atom stereocenters. The van der Waals surface area contributed by atoms with Gasteiger partial charge in [-0.2, -0.15) is 0 Å². The van der Waals surface area contributed by atoms with Crippen molar-refractivity contribution in [1.82, 2.24) is 15.5 Å². The number of carbonyl (C=O) groups excluding carboxylic acids is 3. The fraction of sp³-hybridized carbons (Fsp3) is 0.375. The van der Waals surface area contributed by atoms with E-state index in [9.17, 15) is 14.4 Å². The van der Waals surface area contributed by atoms with Gasteiger partial charge in [0, 0.05) is 6.54 Å². The van der Waals surface area contributed by atoms with E-state index in [1.807, 2.05) is 54.6 Å². The van der Waals surface area contributed by atoms with Gasteiger partial charge in [0.15, 0.2) is 0 Å². The summed E-state index contributed by atoms with van der Waals surface area (Å²) in [5.74, 6) is -0.377. The van der Waals surface area contributed by atoms with Crippen LogP contribution in [0.15, 0.2) is 54.6 Å². The third kappa shape index (κ3) is 4.70. The summed E-state index contributed by atoms with van der Waals surface area (Å²) in [6.45, 7) is 6.08. The topological polar surface area (TPSA) is 78.5 Å². The van der Waals surface area contributed by atoms with Crippen molar-refractivity contribution in [2.75, 3.05) is 13.1 Å². The smallest absolute Gasteiger partial charge is 0.325 e. The molecule has 6 heteroatoms. The van der Waals surface area contributed by atoms with Crippen LogP contribution in [0.3, 0.4) is 0 Å². The average molecular weight is 408 g/mol. The summed E-state index contributed by atoms with van der Waals surface area (Å²) in [6.07, 6.45) is 1.64. The van der Waals surface area contributed by atoms with Crippen molar-refractivity contribution in [2.24, 2.45) is 0 Å². The first-order valence-electron chi connectivity index (χ1n) is 10.4. The molecule has 1 aliphatic heterocycles. The number of hydrogen-bond donors (Lipinski definition) is 2. The summed E-state index contributed by atoms with van der Waals surface area (Å²) < 4.78 is 0. The molecule has 1 aliphatic rings. The van der Waals surface area contributed by atoms with Gasteiger partial charge < -0.3 is 10.6 Å². The van der Waals surface area contributed by atoms with Crippen LogP contribution in [-0.2, 0) is 21.5 Å². The van der Waals surface area contributed by atoms with Crippen LogP contribution in [0.2, 0.25) is 0 Å². The highest BCUT2D eigenvalue weighted by Gasteiger charge is 2.49. The lowest BCUT2D eigenvalue weighted by Crippen LogP contribution is -2.43. The molecular formula is C24H29N3O3. The summed E-state index contributed by atoms with van der Waals surface area (Å²) in [5.41, 5.74) is 1.90. The van der Waals surface area contributed by atoms with E-state index in [0.717, 1.165) is 23.3 Å². The molecule has 4 amide bonds. The maximum atomic E-state index is 13.0. The third-order valence-electron chi connectivity index (χ3n) is 5.54. The van der Waals surface area contributed by atoms with Crippen molar-refractivity contribution in [3.8, 4) is 0 Å². The molecule has 1 heterocycles. The minimum atomic E-state index is -1.17. The van der Waals surface area contributed by atoms with Gasteiger partial charge in [-0.05, 0) is 42.4 Å². The molecule has 0 aromatic heterocycles. The standard InChI is InChI=1S/C24H29N3O3/c1-17(2)19-11-13-20(14-12-19)24(3)22(29)27(23(30)26-24)16-21(28)25-15-7-10-18-8-5-4-6-9-18/h4-6,8-9,11-14,17H,7,10,15-16H2,1-3H3,(H,25,28)(H,26,30)/t24-/m1/s1. The number of rotatable bonds is 8. The van der Waals surface area contributed by atoms with Crippen molar-refractivity contribution in [2.45, 2.75) is 45.1 Å². The summed E-state index contributed by atoms with van der Waals surface area (Å²) >= 11 is 0. The van der Waals surface area contributed by atoms with Crippen molar-refractivity contribution >= 4 is 17.8 Å². The van der Waals surface area contributed by atoms with Gasteiger partial charge in [-0.25, -0.2) is 4.79 Å². The van der Waals surface area contributed by atoms with Crippen LogP contribution in [0, 0.1) is 0 Å². The number of aryl methyl sites for hydroxylation is 1. The van der Waals surface area contributed by atoms with Crippen LogP contribution in [-0.4, -0.2) is 35.8 Å². The van der Waals surface area contributed by atoms with Gasteiger partial charge in [0.2, 0.25) is 5.91 Å². The Labute approximate surface area is 177 Å². The molecule has 2 N–H and O–H groups in total. The Hall–Kier alpha value is -3.15. The Kier molecular flexibility index (Phi) is 6.55. The minimum absolute atomic E-state index is 0.282. The second kappa shape index (κ2) is 9.11. The van der Waals surface area contributed by atoms with Crippen LogP contribution in [0.4, 0.5) is 4.79 Å². The lowest BCUT2D eigenvalue weighted by Gasteiger charge is -2.22. The summed E-state index contributed by atoms with van der Waals surface area (Å²) in [6, 6.07) is 17.1. The van der Waals surface area contributed by atoms with Gasteiger partial charge in [-0.15, -0.1) is 0 Å². The number of nitrogens with one attached hydrogen (secondary N) is 2. The van der Waals surface area contributed by atoms with Crippen molar-refractivity contribution < 1.29 is 14.4 Å². The van der Waals surface area contributed by atoms with E-state index in [0.29, 0.717) is 18.0 Å². The summed E-state index contributed by atoms with van der Waals surface area (Å²) in [7, 11) is 0. The van der Waals surface area contributed by atoms with Crippen LogP contribution in [0.5, 0.6) is 0 Å². The maximum absolute atomic E-state index is 13.0. The molecule has 158 valence electrons. The molecule has 0 spiro atoms. The first kappa shape index (κ1) is 21.6. The zero-order valence-electron chi connectivity index (χ0n) is 17.8. The van der Waals surface area contributed by atoms with Gasteiger partial charge in [0.25, 0.3) is 5.91 Å². The van der Waals surface area contributed by atoms with Crippen LogP contribution >= 0.6 is 0 Å². The van der Waals surface area contributed by atoms with E-state index < -0.39 is 17.5 Å². The number of imide groups is 1. The Balaban J connectivity index is 1.55. The minimum Gasteiger partial charge on any atom is -0.355 e. The number of amides is 4. The molecule has 1 saturated heterocycles. The SMILES string of the molecule is CC(C)c1ccc([C@@]2(C)NC(=O)N(CC(=O)NCCCc3ccccc3)C2=O)cc1. The first-order chi connectivity index (χ1) is 14.3. The molecule has 3 rings (SSSR count). The van der Waals surface area contributed by atoms with Gasteiger partial charge in [-0.1, -0.05) is 68.4 Å². The van der Waals surface area contributed by atoms with E-state index in [1.165, 1.54) is 5.56 Å². The van der Waals surface area contributed by atoms with E-state index in [2.05, 4.69) is 24.5 Å². The fourth-order valence-corrected chi connectivity index (χ4v) is 3.60. The number of hydrogen-bond acceptors (Lipinski definition) is 3. The normalized spacial score (nSPS) is 18.6. The number of benzene rings is 2. The average Bonchev–Trinajstić information content (AvgIpc) is 2.96. The Morgan fingerprint density at radius 3 is 2.37 bits per heavy atom. The van der Waals surface area contributed by atoms with Gasteiger partial charge >= 0.3 is 6.03 Å². The highest BCUT2D eigenvalue weighted by Crippen LogP contribution is 2.29. The van der Waals surface area contributed by atoms with Gasteiger partial charge in [-0.3, -0.25) is 14.5 Å². The monoisotopic (exact) mass is 407 g/mol. The third-order valence-corrected chi connectivity index (χ3v) is 5.54. The Morgan fingerprint density at radius 2 is 1.73 bits per heavy atom. The number of carbonyl (C=O) groups is 3. The molecule has 6 nitrogen and oxygen atoms in total. The molecule has 1 fully saturated rings. The van der Waals surface area contributed by atoms with Crippen LogP contribution in [0.1, 0.15) is 49.8 Å². The van der Waals surface area contributed by atoms with Crippen molar-refractivity contribution in [3.05, 3.63) is 71.3 Å². The highest BCUT2D eigenvalue weighted by atomic mass is 16.2. The van der Waals surface area contributed by atoms with Crippen LogP contribution in [0.25, 0.3) is 0 Å². The Bertz CT molecular complexity index is 909. The van der Waals surface area contributed by atoms with E-state index >= 15 is 0 Å². The lowest BCUT2D eigenvalue weighted by atomic mass is 9.90. The summed E-state index contributed by atoms with van der Waals surface area (Å²) in [5, 5.41) is 5.54. The molecule has 2 aromatic carbocycles. The van der Waals surface area contributed by atoms with E-state index in [1.54, 1.807) is 6.92 Å². The molecule has 0 unspecified atom stereocenters. The first-order valence-corrected chi connectivity index (χ1v) is 10.4. The van der Waals surface area contributed by atoms with Crippen LogP contribution < -0.4 is 10.6 Å². The fourth-order valence-electron chi connectivity index (χ4n) is 3.60. The van der Waals surface area contributed by atoms with Gasteiger partial charge in [0.1, 0.15) is 12.1 Å². The molecular weight excluding hydrogens is 378 g/mol. The zero-order chi connectivity index (χ0) is 21.7. The van der Waals surface area contributed by atoms with E-state index in [4.69, 9.17) is 0 Å². The predicted molar refractivity (Wildman–Crippen MR) is 116 cm³/mol. The quantitative estimate of drug-likeness (QED) is 0.520. The van der Waals surface area contributed by atoms with Crippen molar-refractivity contribution in [1.29, 1.82) is 0 Å². The number of nitrogens with zero attached hydrogens (tertiary/aromatic N) is 1. The summed E-state index contributed by atoms with van der Waals surface area (Å²) in [4.78, 5) is 38.7. The predicted octanol–water partition coefficient (Wildman–Crippen LogP) is 3.33. The van der Waals surface area contributed by atoms with E-state index in [-0.39, 0.29) is 12.5 Å². The lowest BCUT2D eigenvalue weighted by molar-refractivity contribution is -0.134. The largest absolute Gasteiger partial charge is 0.355 e. The maximum Gasteiger partial charge on any atom is 0.325 e.